The van der Waals surface area contributed by atoms with Crippen molar-refractivity contribution in [1.29, 1.82) is 0 Å². The summed E-state index contributed by atoms with van der Waals surface area (Å²) >= 11 is 0. The van der Waals surface area contributed by atoms with Gasteiger partial charge >= 0.3 is 0 Å². The molecule has 0 fully saturated rings. The van der Waals surface area contributed by atoms with E-state index in [9.17, 15) is 9.18 Å². The molecule has 7 nitrogen and oxygen atoms in total. The van der Waals surface area contributed by atoms with Crippen molar-refractivity contribution in [2.75, 3.05) is 7.05 Å². The van der Waals surface area contributed by atoms with Crippen LogP contribution in [0.2, 0.25) is 0 Å². The predicted molar refractivity (Wildman–Crippen MR) is 110 cm³/mol. The first-order valence-corrected chi connectivity index (χ1v) is 9.48. The third kappa shape index (κ3) is 3.59. The molecule has 2 aromatic carbocycles. The summed E-state index contributed by atoms with van der Waals surface area (Å²) in [4.78, 5) is 18.8. The largest absolute Gasteiger partial charge is 0.335 e. The Morgan fingerprint density at radius 3 is 2.33 bits per heavy atom. The number of amides is 1. The van der Waals surface area contributed by atoms with Gasteiger partial charge in [-0.3, -0.25) is 4.79 Å². The molecule has 4 aromatic rings. The van der Waals surface area contributed by atoms with Crippen molar-refractivity contribution in [3.05, 3.63) is 90.0 Å². The zero-order chi connectivity index (χ0) is 21.3. The second kappa shape index (κ2) is 7.90. The van der Waals surface area contributed by atoms with Gasteiger partial charge in [-0.25, -0.2) is 18.7 Å². The number of carbonyl (C=O) groups excluding carboxylic acids is 1. The summed E-state index contributed by atoms with van der Waals surface area (Å²) in [5.41, 5.74) is 3.81. The van der Waals surface area contributed by atoms with E-state index in [0.29, 0.717) is 16.9 Å². The van der Waals surface area contributed by atoms with Crippen LogP contribution in [-0.2, 0) is 0 Å². The summed E-state index contributed by atoms with van der Waals surface area (Å²) in [7, 11) is 1.77. The summed E-state index contributed by atoms with van der Waals surface area (Å²) in [6.45, 7) is 3.80. The number of rotatable bonds is 5. The van der Waals surface area contributed by atoms with E-state index >= 15 is 0 Å². The molecule has 1 unspecified atom stereocenters. The Balaban J connectivity index is 1.54. The fourth-order valence-electron chi connectivity index (χ4n) is 3.30. The maximum atomic E-state index is 13.2. The molecule has 2 heterocycles. The fraction of sp³-hybridized carbons (Fsp3) is 0.182. The van der Waals surface area contributed by atoms with E-state index in [1.54, 1.807) is 46.0 Å². The summed E-state index contributed by atoms with van der Waals surface area (Å²) in [6, 6.07) is 13.7. The average Bonchev–Trinajstić information content (AvgIpc) is 3.43. The van der Waals surface area contributed by atoms with Gasteiger partial charge in [0.1, 0.15) is 18.5 Å². The van der Waals surface area contributed by atoms with Crippen molar-refractivity contribution in [3.8, 4) is 11.4 Å². The van der Waals surface area contributed by atoms with Gasteiger partial charge in [-0.05, 0) is 55.8 Å². The quantitative estimate of drug-likeness (QED) is 0.508. The van der Waals surface area contributed by atoms with Crippen molar-refractivity contribution in [2.45, 2.75) is 19.9 Å². The minimum absolute atomic E-state index is 0.131. The van der Waals surface area contributed by atoms with Crippen LogP contribution in [0.25, 0.3) is 11.4 Å². The minimum atomic E-state index is -0.316. The van der Waals surface area contributed by atoms with E-state index in [1.165, 1.54) is 18.5 Å². The molecule has 1 amide bonds. The Morgan fingerprint density at radius 2 is 1.70 bits per heavy atom. The van der Waals surface area contributed by atoms with E-state index in [1.807, 2.05) is 38.1 Å². The number of hydrogen-bond acceptors (Lipinski definition) is 4. The van der Waals surface area contributed by atoms with E-state index in [4.69, 9.17) is 0 Å². The Bertz CT molecular complexity index is 1150. The van der Waals surface area contributed by atoms with E-state index in [0.717, 1.165) is 11.3 Å². The maximum absolute atomic E-state index is 13.2. The van der Waals surface area contributed by atoms with Gasteiger partial charge in [0.2, 0.25) is 0 Å². The number of hydrogen-bond donors (Lipinski definition) is 0. The van der Waals surface area contributed by atoms with Crippen LogP contribution in [0.5, 0.6) is 0 Å². The third-order valence-electron chi connectivity index (χ3n) is 5.27. The molecule has 0 saturated carbocycles. The molecule has 0 radical (unpaired) electrons. The molecule has 0 N–H and O–H groups in total. The molecular formula is C22H21FN6O. The molecule has 2 aromatic heterocycles. The van der Waals surface area contributed by atoms with Gasteiger partial charge in [-0.1, -0.05) is 12.1 Å². The highest BCUT2D eigenvalue weighted by molar-refractivity contribution is 5.95. The van der Waals surface area contributed by atoms with Crippen LogP contribution in [-0.4, -0.2) is 42.4 Å². The predicted octanol–water partition coefficient (Wildman–Crippen LogP) is 3.73. The van der Waals surface area contributed by atoms with Crippen LogP contribution in [0.1, 0.15) is 34.6 Å². The average molecular weight is 404 g/mol. The molecular weight excluding hydrogens is 383 g/mol. The van der Waals surface area contributed by atoms with Crippen LogP contribution < -0.4 is 0 Å². The molecule has 0 bridgehead atoms. The molecule has 0 aliphatic carbocycles. The zero-order valence-electron chi connectivity index (χ0n) is 16.9. The van der Waals surface area contributed by atoms with Gasteiger partial charge in [0.15, 0.2) is 0 Å². The van der Waals surface area contributed by atoms with Crippen LogP contribution in [0.15, 0.2) is 67.4 Å². The van der Waals surface area contributed by atoms with Gasteiger partial charge in [0, 0.05) is 7.05 Å². The highest BCUT2D eigenvalue weighted by atomic mass is 19.1. The Morgan fingerprint density at radius 1 is 1.03 bits per heavy atom. The number of aromatic nitrogens is 5. The molecule has 0 saturated heterocycles. The smallest absolute Gasteiger partial charge is 0.257 e. The molecule has 1 atom stereocenters. The minimum Gasteiger partial charge on any atom is -0.335 e. The maximum Gasteiger partial charge on any atom is 0.257 e. The van der Waals surface area contributed by atoms with Gasteiger partial charge in [0.05, 0.1) is 34.9 Å². The fourth-order valence-corrected chi connectivity index (χ4v) is 3.30. The Hall–Kier alpha value is -3.81. The highest BCUT2D eigenvalue weighted by Crippen LogP contribution is 2.24. The normalized spacial score (nSPS) is 12.0. The molecule has 0 aliphatic rings. The first kappa shape index (κ1) is 19.5. The summed E-state index contributed by atoms with van der Waals surface area (Å²) in [5, 5.41) is 8.44. The zero-order valence-corrected chi connectivity index (χ0v) is 16.9. The lowest BCUT2D eigenvalue weighted by Gasteiger charge is -2.25. The Labute approximate surface area is 173 Å². The summed E-state index contributed by atoms with van der Waals surface area (Å²) < 4.78 is 16.5. The topological polar surface area (TPSA) is 68.8 Å². The van der Waals surface area contributed by atoms with Crippen molar-refractivity contribution in [3.63, 3.8) is 0 Å². The third-order valence-corrected chi connectivity index (χ3v) is 5.27. The molecule has 4 rings (SSSR count). The summed E-state index contributed by atoms with van der Waals surface area (Å²) in [5.74, 6) is -0.447. The van der Waals surface area contributed by atoms with Crippen LogP contribution in [0, 0.1) is 12.7 Å². The second-order valence-electron chi connectivity index (χ2n) is 7.06. The first-order valence-electron chi connectivity index (χ1n) is 9.48. The van der Waals surface area contributed by atoms with Crippen LogP contribution in [0.3, 0.4) is 0 Å². The number of carbonyl (C=O) groups is 1. The first-order chi connectivity index (χ1) is 14.5. The summed E-state index contributed by atoms with van der Waals surface area (Å²) in [6.07, 6.45) is 4.67. The van der Waals surface area contributed by atoms with Crippen molar-refractivity contribution in [2.24, 2.45) is 0 Å². The van der Waals surface area contributed by atoms with Gasteiger partial charge in [-0.2, -0.15) is 10.2 Å². The number of benzene rings is 2. The monoisotopic (exact) mass is 404 g/mol. The molecule has 30 heavy (non-hydrogen) atoms. The van der Waals surface area contributed by atoms with E-state index in [2.05, 4.69) is 15.2 Å². The van der Waals surface area contributed by atoms with Gasteiger partial charge < -0.3 is 4.90 Å². The standard InChI is InChI=1S/C22H21FN6O/c1-15(17-4-8-19(9-5-17)28-14-24-13-26-28)27(3)22(30)21-12-25-29(16(21)2)20-10-6-18(23)7-11-20/h4-15H,1-3H3. The van der Waals surface area contributed by atoms with Gasteiger partial charge in [0.25, 0.3) is 5.91 Å². The molecule has 8 heteroatoms. The van der Waals surface area contributed by atoms with Crippen molar-refractivity contribution >= 4 is 5.91 Å². The second-order valence-corrected chi connectivity index (χ2v) is 7.06. The highest BCUT2D eigenvalue weighted by Gasteiger charge is 2.23. The molecule has 152 valence electrons. The SMILES string of the molecule is Cc1c(C(=O)N(C)C(C)c2ccc(-n3cncn3)cc2)cnn1-c1ccc(F)cc1. The lowest BCUT2D eigenvalue weighted by Crippen LogP contribution is -2.30. The van der Waals surface area contributed by atoms with Gasteiger partial charge in [-0.15, -0.1) is 0 Å². The Kier molecular flexibility index (Phi) is 5.14. The van der Waals surface area contributed by atoms with Crippen molar-refractivity contribution < 1.29 is 9.18 Å². The van der Waals surface area contributed by atoms with Crippen molar-refractivity contribution in [1.82, 2.24) is 29.4 Å². The number of halogens is 1. The van der Waals surface area contributed by atoms with Crippen LogP contribution >= 0.6 is 0 Å². The number of nitrogens with zero attached hydrogens (tertiary/aromatic N) is 6. The molecule has 0 aliphatic heterocycles. The van der Waals surface area contributed by atoms with E-state index < -0.39 is 0 Å². The molecule has 0 spiro atoms. The van der Waals surface area contributed by atoms with Crippen LogP contribution in [0.4, 0.5) is 4.39 Å². The van der Waals surface area contributed by atoms with E-state index in [-0.39, 0.29) is 17.8 Å². The lowest BCUT2D eigenvalue weighted by molar-refractivity contribution is 0.0742. The lowest BCUT2D eigenvalue weighted by atomic mass is 10.1.